The monoisotopic (exact) mass is 320 g/mol. The predicted octanol–water partition coefficient (Wildman–Crippen LogP) is 1.52. The summed E-state index contributed by atoms with van der Waals surface area (Å²) in [7, 11) is 0. The van der Waals surface area contributed by atoms with E-state index in [1.165, 1.54) is 5.56 Å². The fourth-order valence-electron chi connectivity index (χ4n) is 4.07. The Morgan fingerprint density at radius 1 is 1.16 bits per heavy atom. The second-order valence-corrected chi connectivity index (χ2v) is 7.04. The summed E-state index contributed by atoms with van der Waals surface area (Å²) in [5.41, 5.74) is 0.898. The van der Waals surface area contributed by atoms with Crippen molar-refractivity contribution in [2.45, 2.75) is 5.41 Å². The third-order valence-electron chi connectivity index (χ3n) is 4.90. The van der Waals surface area contributed by atoms with Gasteiger partial charge >= 0.3 is 0 Å². The van der Waals surface area contributed by atoms with Gasteiger partial charge in [-0.05, 0) is 17.7 Å². The summed E-state index contributed by atoms with van der Waals surface area (Å²) < 4.78 is 1.07. The number of hydrogen-bond acceptors (Lipinski definition) is 3. The van der Waals surface area contributed by atoms with E-state index >= 15 is 0 Å². The lowest BCUT2D eigenvalue weighted by Gasteiger charge is -2.48. The summed E-state index contributed by atoms with van der Waals surface area (Å²) in [6.07, 6.45) is 0. The molecule has 2 atom stereocenters. The highest BCUT2D eigenvalue weighted by atomic mass is 79.9. The Bertz CT molecular complexity index is 529. The van der Waals surface area contributed by atoms with Crippen LogP contribution in [0.1, 0.15) is 5.56 Å². The lowest BCUT2D eigenvalue weighted by atomic mass is 9.67. The van der Waals surface area contributed by atoms with Crippen LogP contribution >= 0.6 is 15.9 Å². The zero-order chi connectivity index (χ0) is 13.0. The van der Waals surface area contributed by atoms with Gasteiger partial charge in [-0.25, -0.2) is 0 Å². The SMILES string of the molecule is O=C1C2CN3CCN(C2)CC1(c1cccc(Br)c1)C3. The Kier molecular flexibility index (Phi) is 2.63. The lowest BCUT2D eigenvalue weighted by molar-refractivity contribution is -0.137. The molecule has 100 valence electrons. The maximum Gasteiger partial charge on any atom is 0.151 e. The fourth-order valence-corrected chi connectivity index (χ4v) is 4.47. The maximum atomic E-state index is 12.9. The van der Waals surface area contributed by atoms with Gasteiger partial charge in [-0.1, -0.05) is 28.1 Å². The number of halogens is 1. The molecule has 4 fully saturated rings. The number of benzene rings is 1. The zero-order valence-corrected chi connectivity index (χ0v) is 12.4. The molecule has 0 amide bonds. The summed E-state index contributed by atoms with van der Waals surface area (Å²) >= 11 is 3.54. The van der Waals surface area contributed by atoms with Crippen molar-refractivity contribution in [1.29, 1.82) is 0 Å². The quantitative estimate of drug-likeness (QED) is 0.784. The average Bonchev–Trinajstić information content (AvgIpc) is 2.64. The molecule has 4 heterocycles. The minimum atomic E-state index is -0.290. The molecule has 0 aliphatic carbocycles. The maximum absolute atomic E-state index is 12.9. The van der Waals surface area contributed by atoms with Gasteiger partial charge in [0.2, 0.25) is 0 Å². The topological polar surface area (TPSA) is 23.6 Å². The second-order valence-electron chi connectivity index (χ2n) is 6.12. The molecule has 4 aliphatic heterocycles. The highest BCUT2D eigenvalue weighted by Gasteiger charge is 2.54. The lowest BCUT2D eigenvalue weighted by Crippen LogP contribution is -2.63. The Hall–Kier alpha value is -0.710. The first kappa shape index (κ1) is 12.1. The number of hydrogen-bond donors (Lipinski definition) is 0. The minimum absolute atomic E-state index is 0.212. The first-order valence-electron chi connectivity index (χ1n) is 6.92. The molecule has 19 heavy (non-hydrogen) atoms. The van der Waals surface area contributed by atoms with Crippen molar-refractivity contribution in [3.63, 3.8) is 0 Å². The number of piperidine rings is 2. The molecule has 1 aromatic rings. The number of rotatable bonds is 1. The van der Waals surface area contributed by atoms with Crippen molar-refractivity contribution in [2.75, 3.05) is 39.3 Å². The molecule has 4 bridgehead atoms. The smallest absolute Gasteiger partial charge is 0.151 e. The highest BCUT2D eigenvalue weighted by Crippen LogP contribution is 2.40. The molecule has 0 radical (unpaired) electrons. The Labute approximate surface area is 121 Å². The van der Waals surface area contributed by atoms with E-state index in [4.69, 9.17) is 0 Å². The predicted molar refractivity (Wildman–Crippen MR) is 77.2 cm³/mol. The standard InChI is InChI=1S/C15H17BrN2O/c16-13-3-1-2-12(6-13)15-9-17-4-5-18(10-15)8-11(7-17)14(15)19/h1-3,6,11H,4-5,7-10H2. The van der Waals surface area contributed by atoms with Gasteiger partial charge in [0.25, 0.3) is 0 Å². The molecule has 4 heteroatoms. The molecule has 4 aliphatic rings. The van der Waals surface area contributed by atoms with E-state index in [0.717, 1.165) is 43.7 Å². The first-order chi connectivity index (χ1) is 9.17. The van der Waals surface area contributed by atoms with Crippen LogP contribution in [-0.4, -0.2) is 54.9 Å². The Morgan fingerprint density at radius 2 is 1.84 bits per heavy atom. The molecule has 1 aromatic carbocycles. The summed E-state index contributed by atoms with van der Waals surface area (Å²) in [5, 5.41) is 0. The van der Waals surface area contributed by atoms with Crippen LogP contribution in [0.4, 0.5) is 0 Å². The van der Waals surface area contributed by atoms with E-state index < -0.39 is 0 Å². The Morgan fingerprint density at radius 3 is 2.47 bits per heavy atom. The summed E-state index contributed by atoms with van der Waals surface area (Å²) in [4.78, 5) is 17.9. The van der Waals surface area contributed by atoms with Crippen LogP contribution in [0.15, 0.2) is 28.7 Å². The van der Waals surface area contributed by atoms with E-state index in [-0.39, 0.29) is 11.3 Å². The molecule has 0 N–H and O–H groups in total. The number of carbonyl (C=O) groups excluding carboxylic acids is 1. The zero-order valence-electron chi connectivity index (χ0n) is 10.8. The normalized spacial score (nSPS) is 40.5. The first-order valence-corrected chi connectivity index (χ1v) is 7.72. The number of nitrogens with zero attached hydrogens (tertiary/aromatic N) is 2. The van der Waals surface area contributed by atoms with Gasteiger partial charge in [0.15, 0.2) is 5.78 Å². The number of Topliss-reactive ketones (excluding diaryl/α,β-unsaturated/α-hetero) is 1. The molecular weight excluding hydrogens is 304 g/mol. The third-order valence-corrected chi connectivity index (χ3v) is 5.39. The van der Waals surface area contributed by atoms with Crippen molar-refractivity contribution in [3.05, 3.63) is 34.3 Å². The van der Waals surface area contributed by atoms with E-state index in [9.17, 15) is 4.79 Å². The van der Waals surface area contributed by atoms with E-state index in [2.05, 4.69) is 37.9 Å². The second kappa shape index (κ2) is 4.14. The van der Waals surface area contributed by atoms with Crippen LogP contribution in [0.2, 0.25) is 0 Å². The van der Waals surface area contributed by atoms with Gasteiger partial charge in [-0.2, -0.15) is 0 Å². The van der Waals surface area contributed by atoms with Crippen LogP contribution in [-0.2, 0) is 10.2 Å². The van der Waals surface area contributed by atoms with Crippen molar-refractivity contribution >= 4 is 21.7 Å². The molecule has 5 rings (SSSR count). The number of carbonyl (C=O) groups is 1. The molecule has 4 saturated heterocycles. The van der Waals surface area contributed by atoms with Gasteiger partial charge in [-0.15, -0.1) is 0 Å². The fraction of sp³-hybridized carbons (Fsp3) is 0.533. The van der Waals surface area contributed by atoms with Gasteiger partial charge in [0, 0.05) is 49.7 Å². The van der Waals surface area contributed by atoms with Crippen molar-refractivity contribution < 1.29 is 4.79 Å². The highest BCUT2D eigenvalue weighted by molar-refractivity contribution is 9.10. The largest absolute Gasteiger partial charge is 0.300 e. The van der Waals surface area contributed by atoms with Gasteiger partial charge in [0.05, 0.1) is 5.41 Å². The average molecular weight is 321 g/mol. The summed E-state index contributed by atoms with van der Waals surface area (Å²) in [5.74, 6) is 0.684. The van der Waals surface area contributed by atoms with Gasteiger partial charge in [-0.3, -0.25) is 14.6 Å². The van der Waals surface area contributed by atoms with Crippen LogP contribution in [0.3, 0.4) is 0 Å². The van der Waals surface area contributed by atoms with E-state index in [1.807, 2.05) is 12.1 Å². The van der Waals surface area contributed by atoms with Crippen molar-refractivity contribution in [2.24, 2.45) is 5.92 Å². The van der Waals surface area contributed by atoms with Crippen LogP contribution in [0, 0.1) is 5.92 Å². The summed E-state index contributed by atoms with van der Waals surface area (Å²) in [6, 6.07) is 8.33. The molecule has 0 aromatic heterocycles. The molecular formula is C15H17BrN2O. The van der Waals surface area contributed by atoms with Crippen molar-refractivity contribution in [1.82, 2.24) is 9.80 Å². The minimum Gasteiger partial charge on any atom is -0.300 e. The number of ketones is 1. The van der Waals surface area contributed by atoms with Crippen LogP contribution < -0.4 is 0 Å². The third kappa shape index (κ3) is 1.73. The van der Waals surface area contributed by atoms with Gasteiger partial charge in [0.1, 0.15) is 0 Å². The molecule has 0 saturated carbocycles. The summed E-state index contributed by atoms with van der Waals surface area (Å²) in [6.45, 7) is 5.94. The Balaban J connectivity index is 1.85. The van der Waals surface area contributed by atoms with Crippen LogP contribution in [0.5, 0.6) is 0 Å². The molecule has 0 spiro atoms. The number of fused-ring (bicyclic) bond motifs is 1. The van der Waals surface area contributed by atoms with E-state index in [0.29, 0.717) is 5.78 Å². The molecule has 2 unspecified atom stereocenters. The molecule has 3 nitrogen and oxygen atoms in total. The van der Waals surface area contributed by atoms with Crippen LogP contribution in [0.25, 0.3) is 0 Å². The van der Waals surface area contributed by atoms with Crippen molar-refractivity contribution in [3.8, 4) is 0 Å². The van der Waals surface area contributed by atoms with Gasteiger partial charge < -0.3 is 0 Å². The van der Waals surface area contributed by atoms with E-state index in [1.54, 1.807) is 0 Å².